The Morgan fingerprint density at radius 1 is 0.711 bits per heavy atom. The van der Waals surface area contributed by atoms with Gasteiger partial charge in [-0.25, -0.2) is 8.96 Å². The average molecular weight is 501 g/mol. The molecule has 0 saturated carbocycles. The molecule has 3 heteroatoms. The van der Waals surface area contributed by atoms with Crippen molar-refractivity contribution in [1.29, 1.82) is 0 Å². The Bertz CT molecular complexity index is 1830. The molecular formula is C35H31FNO+. The van der Waals surface area contributed by atoms with Crippen LogP contribution >= 0.6 is 0 Å². The lowest BCUT2D eigenvalue weighted by molar-refractivity contribution is -0.660. The molecule has 0 atom stereocenters. The molecule has 0 aliphatic heterocycles. The molecule has 0 aliphatic carbocycles. The number of aromatic nitrogens is 1. The van der Waals surface area contributed by atoms with Gasteiger partial charge in [-0.1, -0.05) is 74.5 Å². The minimum Gasteiger partial charge on any atom is -0.454 e. The van der Waals surface area contributed by atoms with E-state index in [4.69, 9.17) is 4.42 Å². The minimum absolute atomic E-state index is 0.286. The molecular weight excluding hydrogens is 469 g/mol. The lowest BCUT2D eigenvalue weighted by atomic mass is 9.95. The summed E-state index contributed by atoms with van der Waals surface area (Å²) in [5, 5.41) is 1.91. The third-order valence-electron chi connectivity index (χ3n) is 7.69. The number of pyridine rings is 1. The Hall–Kier alpha value is -4.24. The number of aryl methyl sites for hydroxylation is 3. The van der Waals surface area contributed by atoms with Gasteiger partial charge in [-0.2, -0.15) is 0 Å². The van der Waals surface area contributed by atoms with Crippen molar-refractivity contribution in [2.45, 2.75) is 33.6 Å². The molecule has 0 aliphatic rings. The van der Waals surface area contributed by atoms with Gasteiger partial charge in [0.1, 0.15) is 24.0 Å². The summed E-state index contributed by atoms with van der Waals surface area (Å²) in [5.41, 5.74) is 10.7. The largest absolute Gasteiger partial charge is 0.454 e. The van der Waals surface area contributed by atoms with Crippen LogP contribution in [-0.2, 0) is 7.05 Å². The van der Waals surface area contributed by atoms with Crippen molar-refractivity contribution >= 4 is 21.9 Å². The molecule has 0 unspecified atom stereocenters. The second kappa shape index (κ2) is 9.25. The highest BCUT2D eigenvalue weighted by molar-refractivity contribution is 6.13. The SMILES string of the molecule is Cc1ccccc1-c1ccc(-c2c(F)ccc3c2oc2c(-c4cc(C(C)C)cc[n+]4C)c(C)ccc23)cc1. The molecule has 6 rings (SSSR count). The second-order valence-electron chi connectivity index (χ2n) is 10.5. The van der Waals surface area contributed by atoms with Gasteiger partial charge < -0.3 is 4.42 Å². The van der Waals surface area contributed by atoms with E-state index in [1.807, 2.05) is 30.3 Å². The van der Waals surface area contributed by atoms with E-state index in [0.29, 0.717) is 17.1 Å². The third kappa shape index (κ3) is 3.90. The van der Waals surface area contributed by atoms with Gasteiger partial charge in [0, 0.05) is 22.9 Å². The highest BCUT2D eigenvalue weighted by Gasteiger charge is 2.24. The number of furan rings is 1. The standard InChI is InChI=1S/C35H31FNO/c1-21(2)26-18-19-37(5)31(20-26)32-23(4)10-15-28-29-16-17-30(36)33(35(29)38-34(28)32)25-13-11-24(12-14-25)27-9-7-6-8-22(27)3/h6-21H,1-5H3/q+1. The van der Waals surface area contributed by atoms with E-state index < -0.39 is 0 Å². The zero-order valence-corrected chi connectivity index (χ0v) is 22.5. The molecule has 2 aromatic heterocycles. The van der Waals surface area contributed by atoms with Gasteiger partial charge in [-0.15, -0.1) is 0 Å². The monoisotopic (exact) mass is 500 g/mol. The Kier molecular flexibility index (Phi) is 5.87. The van der Waals surface area contributed by atoms with Crippen molar-refractivity contribution in [3.8, 4) is 33.5 Å². The smallest absolute Gasteiger partial charge is 0.216 e. The first-order valence-corrected chi connectivity index (χ1v) is 13.1. The van der Waals surface area contributed by atoms with Crippen LogP contribution in [0.2, 0.25) is 0 Å². The van der Waals surface area contributed by atoms with E-state index in [-0.39, 0.29) is 5.82 Å². The summed E-state index contributed by atoms with van der Waals surface area (Å²) in [7, 11) is 2.06. The van der Waals surface area contributed by atoms with Crippen LogP contribution in [0, 0.1) is 19.7 Å². The summed E-state index contributed by atoms with van der Waals surface area (Å²) < 4.78 is 24.2. The first-order valence-electron chi connectivity index (χ1n) is 13.1. The van der Waals surface area contributed by atoms with Crippen LogP contribution in [0.3, 0.4) is 0 Å². The summed E-state index contributed by atoms with van der Waals surface area (Å²) in [4.78, 5) is 0. The van der Waals surface area contributed by atoms with Crippen molar-refractivity contribution < 1.29 is 13.4 Å². The first kappa shape index (κ1) is 24.1. The number of fused-ring (bicyclic) bond motifs is 3. The van der Waals surface area contributed by atoms with Gasteiger partial charge in [-0.3, -0.25) is 0 Å². The summed E-state index contributed by atoms with van der Waals surface area (Å²) in [5.74, 6) is 0.124. The van der Waals surface area contributed by atoms with Crippen molar-refractivity contribution in [1.82, 2.24) is 0 Å². The molecule has 0 fully saturated rings. The predicted molar refractivity (Wildman–Crippen MR) is 155 cm³/mol. The van der Waals surface area contributed by atoms with Crippen molar-refractivity contribution in [2.24, 2.45) is 7.05 Å². The zero-order valence-electron chi connectivity index (χ0n) is 22.5. The lowest BCUT2D eigenvalue weighted by Crippen LogP contribution is -2.31. The molecule has 0 radical (unpaired) electrons. The molecule has 0 N–H and O–H groups in total. The normalized spacial score (nSPS) is 11.7. The van der Waals surface area contributed by atoms with E-state index in [1.165, 1.54) is 16.7 Å². The van der Waals surface area contributed by atoms with Crippen molar-refractivity contribution in [2.75, 3.05) is 0 Å². The molecule has 0 saturated heterocycles. The Morgan fingerprint density at radius 3 is 2.08 bits per heavy atom. The van der Waals surface area contributed by atoms with Crippen LogP contribution in [0.1, 0.15) is 36.5 Å². The van der Waals surface area contributed by atoms with E-state index in [1.54, 1.807) is 6.07 Å². The third-order valence-corrected chi connectivity index (χ3v) is 7.69. The summed E-state index contributed by atoms with van der Waals surface area (Å²) in [6.07, 6.45) is 2.10. The Balaban J connectivity index is 1.57. The number of benzene rings is 4. The highest BCUT2D eigenvalue weighted by Crippen LogP contribution is 2.42. The zero-order chi connectivity index (χ0) is 26.6. The molecule has 2 heterocycles. The molecule has 188 valence electrons. The fourth-order valence-corrected chi connectivity index (χ4v) is 5.47. The molecule has 2 nitrogen and oxygen atoms in total. The maximum Gasteiger partial charge on any atom is 0.216 e. The van der Waals surface area contributed by atoms with Crippen LogP contribution in [0.4, 0.5) is 4.39 Å². The van der Waals surface area contributed by atoms with Gasteiger partial charge in [0.25, 0.3) is 0 Å². The Labute approximate surface area is 223 Å². The average Bonchev–Trinajstić information content (AvgIpc) is 3.28. The molecule has 38 heavy (non-hydrogen) atoms. The maximum absolute atomic E-state index is 15.5. The van der Waals surface area contributed by atoms with Gasteiger partial charge >= 0.3 is 0 Å². The number of halogens is 1. The fourth-order valence-electron chi connectivity index (χ4n) is 5.47. The van der Waals surface area contributed by atoms with Crippen molar-refractivity contribution in [3.63, 3.8) is 0 Å². The summed E-state index contributed by atoms with van der Waals surface area (Å²) in [6, 6.07) is 28.4. The molecule has 0 spiro atoms. The number of hydrogen-bond donors (Lipinski definition) is 0. The van der Waals surface area contributed by atoms with Gasteiger partial charge in [0.15, 0.2) is 6.20 Å². The molecule has 6 aromatic rings. The second-order valence-corrected chi connectivity index (χ2v) is 10.5. The maximum atomic E-state index is 15.5. The van der Waals surface area contributed by atoms with Gasteiger partial charge in [-0.05, 0) is 65.3 Å². The van der Waals surface area contributed by atoms with E-state index in [0.717, 1.165) is 44.3 Å². The van der Waals surface area contributed by atoms with E-state index in [9.17, 15) is 0 Å². The van der Waals surface area contributed by atoms with Crippen LogP contribution in [0.15, 0.2) is 95.5 Å². The van der Waals surface area contributed by atoms with Crippen LogP contribution in [-0.4, -0.2) is 0 Å². The van der Waals surface area contributed by atoms with E-state index >= 15 is 4.39 Å². The molecule has 0 amide bonds. The minimum atomic E-state index is -0.286. The number of nitrogens with zero attached hydrogens (tertiary/aromatic N) is 1. The lowest BCUT2D eigenvalue weighted by Gasteiger charge is -2.09. The van der Waals surface area contributed by atoms with Crippen LogP contribution < -0.4 is 4.57 Å². The number of rotatable bonds is 4. The fraction of sp³-hybridized carbons (Fsp3) is 0.171. The topological polar surface area (TPSA) is 17.0 Å². The van der Waals surface area contributed by atoms with Crippen LogP contribution in [0.5, 0.6) is 0 Å². The van der Waals surface area contributed by atoms with Crippen molar-refractivity contribution in [3.05, 3.63) is 114 Å². The summed E-state index contributed by atoms with van der Waals surface area (Å²) >= 11 is 0. The quantitative estimate of drug-likeness (QED) is 0.220. The number of hydrogen-bond acceptors (Lipinski definition) is 1. The summed E-state index contributed by atoms with van der Waals surface area (Å²) in [6.45, 7) is 8.62. The predicted octanol–water partition coefficient (Wildman–Crippen LogP) is 9.29. The van der Waals surface area contributed by atoms with Crippen LogP contribution in [0.25, 0.3) is 55.4 Å². The van der Waals surface area contributed by atoms with E-state index in [2.05, 4.69) is 94.0 Å². The first-order chi connectivity index (χ1) is 18.3. The highest BCUT2D eigenvalue weighted by atomic mass is 19.1. The molecule has 4 aromatic carbocycles. The van der Waals surface area contributed by atoms with Gasteiger partial charge in [0.2, 0.25) is 5.69 Å². The molecule has 0 bridgehead atoms. The Morgan fingerprint density at radius 2 is 1.37 bits per heavy atom. The van der Waals surface area contributed by atoms with Gasteiger partial charge in [0.05, 0.1) is 11.1 Å².